The molecule has 1 fully saturated rings. The van der Waals surface area contributed by atoms with Crippen molar-refractivity contribution < 1.29 is 79.9 Å². The third-order valence-corrected chi connectivity index (χ3v) is 15.2. The summed E-state index contributed by atoms with van der Waals surface area (Å²) in [5, 5.41) is 8.53. The number of sulfone groups is 1. The number of fused-ring (bicyclic) bond motifs is 4. The molecule has 0 bridgehead atoms. The minimum absolute atomic E-state index is 0.0348. The van der Waals surface area contributed by atoms with Crippen LogP contribution in [0.15, 0.2) is 42.5 Å². The topological polar surface area (TPSA) is 196 Å². The first kappa shape index (κ1) is 54.3. The van der Waals surface area contributed by atoms with Crippen molar-refractivity contribution in [2.75, 3.05) is 37.5 Å². The molecule has 2 aromatic carbocycles. The van der Waals surface area contributed by atoms with Crippen LogP contribution >= 0.6 is 11.6 Å². The van der Waals surface area contributed by atoms with Crippen molar-refractivity contribution in [3.63, 3.8) is 0 Å². The lowest BCUT2D eigenvalue weighted by molar-refractivity contribution is -0.143. The first-order valence-electron chi connectivity index (χ1n) is 21.2. The van der Waals surface area contributed by atoms with Crippen molar-refractivity contribution in [3.05, 3.63) is 93.0 Å². The van der Waals surface area contributed by atoms with Gasteiger partial charge in [0.15, 0.2) is 21.3 Å². The number of halogens is 11. The molecule has 3 atom stereocenters. The molecule has 3 amide bonds. The Bertz CT molecular complexity index is 3390. The fourth-order valence-electron chi connectivity index (χ4n) is 8.27. The number of anilines is 1. The Morgan fingerprint density at radius 2 is 1.59 bits per heavy atom. The number of rotatable bonds is 13. The van der Waals surface area contributed by atoms with Gasteiger partial charge in [0.25, 0.3) is 5.92 Å². The van der Waals surface area contributed by atoms with Crippen molar-refractivity contribution in [2.45, 2.75) is 74.8 Å². The number of benzene rings is 2. The van der Waals surface area contributed by atoms with Gasteiger partial charge < -0.3 is 15.0 Å². The number of aromatic nitrogens is 5. The predicted octanol–water partition coefficient (Wildman–Crippen LogP) is 7.28. The number of sulfonamides is 1. The number of carbonyl (C=O) groups excluding carboxylic acids is 3. The number of hydrogen-bond donors (Lipinski definition) is 1. The Labute approximate surface area is 413 Å². The number of nitrogens with zero attached hydrogens (tertiary/aromatic N) is 7. The largest absolute Gasteiger partial charge is 0.468 e. The van der Waals surface area contributed by atoms with Gasteiger partial charge in [-0.05, 0) is 74.4 Å². The van der Waals surface area contributed by atoms with Gasteiger partial charge in [-0.1, -0.05) is 23.6 Å². The summed E-state index contributed by atoms with van der Waals surface area (Å²) in [5.41, 5.74) is -6.09. The van der Waals surface area contributed by atoms with Gasteiger partial charge in [0, 0.05) is 42.0 Å². The molecule has 73 heavy (non-hydrogen) atoms. The normalized spacial score (nSPS) is 16.8. The fraction of sp³-hybridized carbons (Fsp3) is 0.409. The van der Waals surface area contributed by atoms with Crippen LogP contribution in [0, 0.1) is 29.4 Å². The average Bonchev–Trinajstić information content (AvgIpc) is 3.76. The highest BCUT2D eigenvalue weighted by atomic mass is 35.5. The van der Waals surface area contributed by atoms with Crippen molar-refractivity contribution >= 4 is 66.1 Å². The molecule has 3 heterocycles. The van der Waals surface area contributed by atoms with Crippen molar-refractivity contribution in [1.29, 1.82) is 0 Å². The maximum atomic E-state index is 15.6. The summed E-state index contributed by atoms with van der Waals surface area (Å²) in [4.78, 5) is 45.2. The van der Waals surface area contributed by atoms with E-state index >= 15 is 8.78 Å². The number of methoxy groups -OCH3 is 1. The minimum atomic E-state index is -5.23. The number of amides is 3. The Morgan fingerprint density at radius 3 is 2.16 bits per heavy atom. The maximum Gasteiger partial charge on any atom is 0.435 e. The lowest BCUT2D eigenvalue weighted by Gasteiger charge is -2.24. The van der Waals surface area contributed by atoms with Crippen LogP contribution in [0.2, 0.25) is 5.02 Å². The number of hydrogen-bond acceptors (Lipinski definition) is 11. The molecule has 0 saturated heterocycles. The minimum Gasteiger partial charge on any atom is -0.468 e. The van der Waals surface area contributed by atoms with Crippen molar-refractivity contribution in [3.8, 4) is 23.0 Å². The van der Waals surface area contributed by atoms with Crippen LogP contribution in [-0.2, 0) is 65.8 Å². The van der Waals surface area contributed by atoms with Gasteiger partial charge in [-0.3, -0.25) is 19.0 Å². The SMILES string of the molecule is COC(=O)CN(C)C(=O)N(c1nn(CC(F)(F)F)c2c(-c3ccc(C#CC(C)(C)S(C)(=O)=O)nc3[C@H](Cc3cc(F)cc(F)c3)NC(=O)Cn3nc(C(F)(F)F)c4c3C(F)(F)[C@@H]3C[C@H]43)ccc(Cl)c12)S(C)(=O)=O. The van der Waals surface area contributed by atoms with E-state index < -0.39 is 166 Å². The summed E-state index contributed by atoms with van der Waals surface area (Å²) in [5.74, 6) is -7.22. The number of nitrogens with one attached hydrogen (secondary N) is 1. The van der Waals surface area contributed by atoms with Crippen LogP contribution in [0.1, 0.15) is 66.1 Å². The van der Waals surface area contributed by atoms with Gasteiger partial charge in [0.2, 0.25) is 15.9 Å². The lowest BCUT2D eigenvalue weighted by Crippen LogP contribution is -2.46. The van der Waals surface area contributed by atoms with Gasteiger partial charge in [-0.2, -0.15) is 49.6 Å². The Kier molecular flexibility index (Phi) is 14.0. The molecule has 29 heteroatoms. The number of esters is 1. The summed E-state index contributed by atoms with van der Waals surface area (Å²) in [6.45, 7) is -1.75. The smallest absolute Gasteiger partial charge is 0.435 e. The molecule has 3 aromatic heterocycles. The van der Waals surface area contributed by atoms with E-state index in [1.54, 1.807) is 0 Å². The molecule has 1 saturated carbocycles. The lowest BCUT2D eigenvalue weighted by atomic mass is 9.93. The summed E-state index contributed by atoms with van der Waals surface area (Å²) in [6.07, 6.45) is -10.0. The first-order valence-corrected chi connectivity index (χ1v) is 25.3. The Hall–Kier alpha value is -6.47. The molecule has 0 aliphatic heterocycles. The highest BCUT2D eigenvalue weighted by molar-refractivity contribution is 7.93. The number of pyridine rings is 1. The van der Waals surface area contributed by atoms with Crippen molar-refractivity contribution in [1.82, 2.24) is 34.8 Å². The van der Waals surface area contributed by atoms with E-state index in [0.717, 1.165) is 56.8 Å². The second kappa shape index (κ2) is 18.8. The number of carbonyl (C=O) groups is 3. The fourth-order valence-corrected chi connectivity index (χ4v) is 9.61. The molecule has 0 unspecified atom stereocenters. The Balaban J connectivity index is 1.49. The monoisotopic (exact) mass is 1100 g/mol. The number of urea groups is 1. The molecular formula is C44H39ClF10N8O8S2. The summed E-state index contributed by atoms with van der Waals surface area (Å²) < 4.78 is 202. The van der Waals surface area contributed by atoms with Gasteiger partial charge in [-0.25, -0.2) is 35.4 Å². The van der Waals surface area contributed by atoms with E-state index in [2.05, 4.69) is 37.1 Å². The third kappa shape index (κ3) is 10.9. The van der Waals surface area contributed by atoms with E-state index in [9.17, 15) is 66.3 Å². The summed E-state index contributed by atoms with van der Waals surface area (Å²) >= 11 is 6.63. The van der Waals surface area contributed by atoms with E-state index in [1.165, 1.54) is 13.8 Å². The molecule has 392 valence electrons. The number of likely N-dealkylation sites (N-methyl/N-ethyl adjacent to an activating group) is 1. The van der Waals surface area contributed by atoms with E-state index in [0.29, 0.717) is 17.2 Å². The molecule has 0 spiro atoms. The summed E-state index contributed by atoms with van der Waals surface area (Å²) in [7, 11) is -6.91. The third-order valence-electron chi connectivity index (χ3n) is 11.9. The van der Waals surface area contributed by atoms with Crippen molar-refractivity contribution in [2.24, 2.45) is 5.92 Å². The molecule has 0 radical (unpaired) electrons. The van der Waals surface area contributed by atoms with Gasteiger partial charge in [0.1, 0.15) is 47.4 Å². The van der Waals surface area contributed by atoms with E-state index in [1.807, 2.05) is 0 Å². The molecule has 5 aromatic rings. The van der Waals surface area contributed by atoms with Crippen LogP contribution < -0.4 is 9.62 Å². The number of alkyl halides is 8. The van der Waals surface area contributed by atoms with Gasteiger partial charge >= 0.3 is 24.4 Å². The van der Waals surface area contributed by atoms with Crippen LogP contribution in [0.3, 0.4) is 0 Å². The second-order valence-electron chi connectivity index (χ2n) is 17.8. The predicted molar refractivity (Wildman–Crippen MR) is 240 cm³/mol. The van der Waals surface area contributed by atoms with Crippen LogP contribution in [0.4, 0.5) is 54.5 Å². The van der Waals surface area contributed by atoms with Gasteiger partial charge in [-0.15, -0.1) is 0 Å². The highest BCUT2D eigenvalue weighted by Crippen LogP contribution is 2.68. The molecule has 2 aliphatic rings. The zero-order valence-electron chi connectivity index (χ0n) is 38.7. The quantitative estimate of drug-likeness (QED) is 0.0707. The molecule has 1 N–H and O–H groups in total. The Morgan fingerprint density at radius 1 is 0.959 bits per heavy atom. The molecular weight excluding hydrogens is 1060 g/mol. The average molecular weight is 1100 g/mol. The molecule has 7 rings (SSSR count). The number of ether oxygens (including phenoxy) is 1. The van der Waals surface area contributed by atoms with Crippen LogP contribution in [0.5, 0.6) is 0 Å². The molecule has 16 nitrogen and oxygen atoms in total. The zero-order valence-corrected chi connectivity index (χ0v) is 41.1. The highest BCUT2D eigenvalue weighted by Gasteiger charge is 2.68. The first-order chi connectivity index (χ1) is 33.5. The standard InChI is InChI=1S/C44H39ClF10N8O8S2/c1-41(2,72(5,67)68)12-11-24-7-8-25(26-9-10-29(45)34-36(26)62(20-42(48,49)50)59-39(34)63(73(6,69)70)40(66)60(3)19-32(65)71-4)35(56-24)30(15-21-13-22(46)16-23(47)14-21)57-31(64)18-61-38-33(37(58-61)44(53,54)55)27-17-28(27)43(38,51)52/h7-10,13-14,16,27-28,30H,15,17-20H2,1-6H3,(H,57,64)/t27-,28+,30-/m0/s1. The second-order valence-corrected chi connectivity index (χ2v) is 22.6. The van der Waals surface area contributed by atoms with Crippen LogP contribution in [0.25, 0.3) is 22.0 Å². The maximum absolute atomic E-state index is 15.6. The van der Waals surface area contributed by atoms with E-state index in [4.69, 9.17) is 11.6 Å². The van der Waals surface area contributed by atoms with Gasteiger partial charge in [0.05, 0.1) is 41.0 Å². The molecule has 2 aliphatic carbocycles. The summed E-state index contributed by atoms with van der Waals surface area (Å²) in [6, 6.07) is 3.09. The zero-order chi connectivity index (χ0) is 54.3. The van der Waals surface area contributed by atoms with E-state index in [-0.39, 0.29) is 36.9 Å². The van der Waals surface area contributed by atoms with Crippen LogP contribution in [-0.4, -0.2) is 108 Å².